The molecule has 1 heterocycles. The molecule has 0 aliphatic heterocycles. The third-order valence-electron chi connectivity index (χ3n) is 2.88. The minimum atomic E-state index is -2.48. The highest BCUT2D eigenvalue weighted by molar-refractivity contribution is 5.29. The number of hydrogen-bond donors (Lipinski definition) is 2. The Morgan fingerprint density at radius 2 is 2.05 bits per heavy atom. The number of nitrogens with zero attached hydrogens (tertiary/aromatic N) is 3. The lowest BCUT2D eigenvalue weighted by Crippen LogP contribution is -2.33. The number of hydrogen-bond acceptors (Lipinski definition) is 5. The van der Waals surface area contributed by atoms with Gasteiger partial charge in [0.15, 0.2) is 0 Å². The zero-order valence-corrected chi connectivity index (χ0v) is 10.6. The molecule has 2 rings (SSSR count). The summed E-state index contributed by atoms with van der Waals surface area (Å²) in [6.45, 7) is 0.116. The van der Waals surface area contributed by atoms with Gasteiger partial charge in [0, 0.05) is 37.1 Å². The van der Waals surface area contributed by atoms with E-state index in [1.807, 2.05) is 0 Å². The molecule has 2 N–H and O–H groups in total. The third kappa shape index (κ3) is 4.68. The number of aliphatic hydroxyl groups excluding tert-OH is 1. The van der Waals surface area contributed by atoms with Crippen LogP contribution in [0.15, 0.2) is 12.4 Å². The van der Waals surface area contributed by atoms with Crippen LogP contribution in [0.5, 0.6) is 0 Å². The van der Waals surface area contributed by atoms with E-state index in [9.17, 15) is 8.78 Å². The molecule has 1 aliphatic carbocycles. The lowest BCUT2D eigenvalue weighted by Gasteiger charge is -2.20. The average molecular weight is 272 g/mol. The highest BCUT2D eigenvalue weighted by Gasteiger charge is 2.20. The number of halogens is 2. The fraction of sp³-hybridized carbons (Fsp3) is 0.667. The molecule has 0 saturated heterocycles. The first-order valence-corrected chi connectivity index (χ1v) is 6.37. The Bertz CT molecular complexity index is 384. The van der Waals surface area contributed by atoms with Gasteiger partial charge in [0.25, 0.3) is 6.43 Å². The van der Waals surface area contributed by atoms with Gasteiger partial charge in [-0.3, -0.25) is 0 Å². The summed E-state index contributed by atoms with van der Waals surface area (Å²) >= 11 is 0. The molecule has 0 spiro atoms. The molecule has 106 valence electrons. The third-order valence-corrected chi connectivity index (χ3v) is 2.88. The quantitative estimate of drug-likeness (QED) is 0.733. The molecule has 7 heteroatoms. The summed E-state index contributed by atoms with van der Waals surface area (Å²) in [5, 5.41) is 12.2. The average Bonchev–Trinajstić information content (AvgIpc) is 3.20. The number of aromatic nitrogens is 2. The van der Waals surface area contributed by atoms with Crippen LogP contribution in [-0.4, -0.2) is 47.2 Å². The minimum absolute atomic E-state index is 0.101. The van der Waals surface area contributed by atoms with Gasteiger partial charge in [-0.1, -0.05) is 0 Å². The number of nitrogens with one attached hydrogen (secondary N) is 1. The molecule has 1 saturated carbocycles. The van der Waals surface area contributed by atoms with Crippen LogP contribution in [0.25, 0.3) is 0 Å². The smallest absolute Gasteiger partial charge is 0.255 e. The summed E-state index contributed by atoms with van der Waals surface area (Å²) in [4.78, 5) is 9.44. The van der Waals surface area contributed by atoms with E-state index >= 15 is 0 Å². The second-order valence-corrected chi connectivity index (χ2v) is 4.61. The molecule has 1 aromatic rings. The van der Waals surface area contributed by atoms with E-state index < -0.39 is 13.0 Å². The molecule has 5 nitrogen and oxygen atoms in total. The van der Waals surface area contributed by atoms with Gasteiger partial charge in [0.1, 0.15) is 0 Å². The maximum absolute atomic E-state index is 12.4. The molecule has 0 amide bonds. The van der Waals surface area contributed by atoms with Crippen LogP contribution >= 0.6 is 0 Å². The van der Waals surface area contributed by atoms with E-state index in [1.54, 1.807) is 12.4 Å². The number of aliphatic hydroxyl groups is 1. The molecule has 0 bridgehead atoms. The van der Waals surface area contributed by atoms with E-state index in [1.165, 1.54) is 17.7 Å². The lowest BCUT2D eigenvalue weighted by atomic mass is 10.3. The normalized spacial score (nSPS) is 14.9. The maximum atomic E-state index is 12.4. The van der Waals surface area contributed by atoms with E-state index in [0.717, 1.165) is 5.56 Å². The van der Waals surface area contributed by atoms with Crippen LogP contribution in [-0.2, 0) is 6.54 Å². The molecule has 0 unspecified atom stereocenters. The monoisotopic (exact) mass is 272 g/mol. The molecule has 0 aromatic carbocycles. The largest absolute Gasteiger partial charge is 0.395 e. The standard InChI is InChI=1S/C12H18F2N4O/c13-11(14)8-18(3-4-19)12-16-6-9(7-17-12)5-15-10-1-2-10/h6-7,10-11,15,19H,1-5,8H2. The van der Waals surface area contributed by atoms with Crippen molar-refractivity contribution in [3.05, 3.63) is 18.0 Å². The number of alkyl halides is 2. The van der Waals surface area contributed by atoms with Gasteiger partial charge in [-0.05, 0) is 12.8 Å². The summed E-state index contributed by atoms with van der Waals surface area (Å²) in [6, 6.07) is 0.601. The first-order chi connectivity index (χ1) is 9.19. The molecular formula is C12H18F2N4O. The van der Waals surface area contributed by atoms with Crippen molar-refractivity contribution in [2.75, 3.05) is 24.6 Å². The SMILES string of the molecule is OCCN(CC(F)F)c1ncc(CNC2CC2)cn1. The molecule has 1 aromatic heterocycles. The Labute approximate surface area is 110 Å². The van der Waals surface area contributed by atoms with Crippen LogP contribution in [0, 0.1) is 0 Å². The van der Waals surface area contributed by atoms with Gasteiger partial charge in [-0.25, -0.2) is 18.7 Å². The van der Waals surface area contributed by atoms with Crippen molar-refractivity contribution in [2.24, 2.45) is 0 Å². The van der Waals surface area contributed by atoms with Crippen molar-refractivity contribution in [2.45, 2.75) is 31.9 Å². The Kier molecular flexibility index (Phi) is 4.98. The van der Waals surface area contributed by atoms with Gasteiger partial charge in [-0.15, -0.1) is 0 Å². The number of anilines is 1. The van der Waals surface area contributed by atoms with Crippen LogP contribution in [0.1, 0.15) is 18.4 Å². The Morgan fingerprint density at radius 1 is 1.37 bits per heavy atom. The summed E-state index contributed by atoms with van der Waals surface area (Å²) < 4.78 is 24.8. The lowest BCUT2D eigenvalue weighted by molar-refractivity contribution is 0.152. The summed E-state index contributed by atoms with van der Waals surface area (Å²) in [7, 11) is 0. The van der Waals surface area contributed by atoms with Crippen molar-refractivity contribution < 1.29 is 13.9 Å². The van der Waals surface area contributed by atoms with E-state index in [2.05, 4.69) is 15.3 Å². The predicted molar refractivity (Wildman–Crippen MR) is 67.2 cm³/mol. The highest BCUT2D eigenvalue weighted by Crippen LogP contribution is 2.19. The van der Waals surface area contributed by atoms with Crippen LogP contribution < -0.4 is 10.2 Å². The molecule has 19 heavy (non-hydrogen) atoms. The summed E-state index contributed by atoms with van der Waals surface area (Å²) in [5.41, 5.74) is 0.927. The van der Waals surface area contributed by atoms with Gasteiger partial charge < -0.3 is 15.3 Å². The van der Waals surface area contributed by atoms with Crippen molar-refractivity contribution >= 4 is 5.95 Å². The van der Waals surface area contributed by atoms with Gasteiger partial charge in [-0.2, -0.15) is 0 Å². The van der Waals surface area contributed by atoms with Crippen LogP contribution in [0.2, 0.25) is 0 Å². The summed E-state index contributed by atoms with van der Waals surface area (Å²) in [6.07, 6.45) is 3.20. The zero-order valence-electron chi connectivity index (χ0n) is 10.6. The van der Waals surface area contributed by atoms with E-state index in [4.69, 9.17) is 5.11 Å². The van der Waals surface area contributed by atoms with E-state index in [-0.39, 0.29) is 19.1 Å². The first-order valence-electron chi connectivity index (χ1n) is 6.37. The maximum Gasteiger partial charge on any atom is 0.255 e. The van der Waals surface area contributed by atoms with Crippen LogP contribution in [0.3, 0.4) is 0 Å². The fourth-order valence-electron chi connectivity index (χ4n) is 1.71. The second kappa shape index (κ2) is 6.72. The minimum Gasteiger partial charge on any atom is -0.395 e. The van der Waals surface area contributed by atoms with Crippen molar-refractivity contribution in [1.82, 2.24) is 15.3 Å². The topological polar surface area (TPSA) is 61.3 Å². The molecule has 1 aliphatic rings. The van der Waals surface area contributed by atoms with E-state index in [0.29, 0.717) is 12.6 Å². The highest BCUT2D eigenvalue weighted by atomic mass is 19.3. The molecular weight excluding hydrogens is 254 g/mol. The Hall–Kier alpha value is -1.34. The molecule has 0 radical (unpaired) electrons. The summed E-state index contributed by atoms with van der Waals surface area (Å²) in [5.74, 6) is 0.226. The molecule has 1 fully saturated rings. The number of rotatable bonds is 8. The first kappa shape index (κ1) is 14.1. The predicted octanol–water partition coefficient (Wildman–Crippen LogP) is 0.792. The van der Waals surface area contributed by atoms with Crippen molar-refractivity contribution in [1.29, 1.82) is 0 Å². The zero-order chi connectivity index (χ0) is 13.7. The van der Waals surface area contributed by atoms with Crippen LogP contribution in [0.4, 0.5) is 14.7 Å². The Morgan fingerprint density at radius 3 is 2.58 bits per heavy atom. The second-order valence-electron chi connectivity index (χ2n) is 4.61. The van der Waals surface area contributed by atoms with Gasteiger partial charge in [0.05, 0.1) is 13.2 Å². The van der Waals surface area contributed by atoms with Gasteiger partial charge in [0.2, 0.25) is 5.95 Å². The Balaban J connectivity index is 1.93. The van der Waals surface area contributed by atoms with Gasteiger partial charge >= 0.3 is 0 Å². The fourth-order valence-corrected chi connectivity index (χ4v) is 1.71. The molecule has 0 atom stereocenters. The van der Waals surface area contributed by atoms with Crippen molar-refractivity contribution in [3.63, 3.8) is 0 Å². The van der Waals surface area contributed by atoms with Crippen molar-refractivity contribution in [3.8, 4) is 0 Å².